The highest BCUT2D eigenvalue weighted by atomic mass is 79.9. The second-order valence-corrected chi connectivity index (χ2v) is 1.60. The number of allylic oxidation sites excluding steroid dienone is 1. The molecule has 0 aliphatic rings. The summed E-state index contributed by atoms with van der Waals surface area (Å²) in [7, 11) is 0. The minimum atomic E-state index is -2.00. The zero-order valence-electron chi connectivity index (χ0n) is 3.17. The Morgan fingerprint density at radius 1 is 1.71 bits per heavy atom. The van der Waals surface area contributed by atoms with Crippen LogP contribution in [0.4, 0.5) is 13.2 Å². The van der Waals surface area contributed by atoms with Crippen molar-refractivity contribution in [1.82, 2.24) is 0 Å². The van der Waals surface area contributed by atoms with Crippen molar-refractivity contribution < 1.29 is 13.2 Å². The van der Waals surface area contributed by atoms with Gasteiger partial charge in [-0.2, -0.15) is 0 Å². The van der Waals surface area contributed by atoms with E-state index in [1.54, 1.807) is 0 Å². The molecule has 4 heteroatoms. The zero-order chi connectivity index (χ0) is 5.86. The van der Waals surface area contributed by atoms with E-state index < -0.39 is 17.2 Å². The monoisotopic (exact) mass is 174 g/mol. The predicted octanol–water partition coefficient (Wildman–Crippen LogP) is 2.46. The minimum Gasteiger partial charge on any atom is -0.227 e. The normalized spacial score (nSPS) is 16.9. The first-order valence-electron chi connectivity index (χ1n) is 1.42. The molecule has 0 heterocycles. The fraction of sp³-hybridized carbons (Fsp3) is 0.333. The minimum absolute atomic E-state index is 0.431. The van der Waals surface area contributed by atoms with Crippen molar-refractivity contribution in [3.63, 3.8) is 0 Å². The molecule has 0 spiro atoms. The van der Waals surface area contributed by atoms with Gasteiger partial charge in [0.05, 0.1) is 0 Å². The summed E-state index contributed by atoms with van der Waals surface area (Å²) in [4.78, 5) is 0. The van der Waals surface area contributed by atoms with Gasteiger partial charge in [0.2, 0.25) is 5.08 Å². The van der Waals surface area contributed by atoms with Crippen molar-refractivity contribution in [2.75, 3.05) is 0 Å². The van der Waals surface area contributed by atoms with E-state index in [2.05, 4.69) is 15.9 Å². The van der Waals surface area contributed by atoms with Crippen molar-refractivity contribution in [3.8, 4) is 0 Å². The van der Waals surface area contributed by atoms with Crippen molar-refractivity contribution in [1.29, 1.82) is 0 Å². The molecular weight excluding hydrogens is 173 g/mol. The van der Waals surface area contributed by atoms with Gasteiger partial charge in [0.15, 0.2) is 5.83 Å². The molecule has 0 saturated carbocycles. The summed E-state index contributed by atoms with van der Waals surface area (Å²) < 4.78 is 33.5. The quantitative estimate of drug-likeness (QED) is 0.537. The maximum absolute atomic E-state index is 11.3. The van der Waals surface area contributed by atoms with Gasteiger partial charge in [-0.15, -0.1) is 0 Å². The first-order chi connectivity index (χ1) is 3.18. The molecule has 0 fully saturated rings. The van der Waals surface area contributed by atoms with Crippen LogP contribution >= 0.6 is 15.9 Å². The van der Waals surface area contributed by atoms with E-state index in [1.165, 1.54) is 0 Å². The topological polar surface area (TPSA) is 0 Å². The molecule has 0 saturated heterocycles. The third-order valence-corrected chi connectivity index (χ3v) is 0.750. The molecule has 0 aromatic heterocycles. The first-order valence-corrected chi connectivity index (χ1v) is 2.34. The Morgan fingerprint density at radius 3 is 2.14 bits per heavy atom. The summed E-state index contributed by atoms with van der Waals surface area (Å²) in [6.45, 7) is 0. The van der Waals surface area contributed by atoms with Crippen molar-refractivity contribution in [3.05, 3.63) is 12.2 Å². The van der Waals surface area contributed by atoms with Gasteiger partial charge in [-0.05, 0) is 15.9 Å². The van der Waals surface area contributed by atoms with Gasteiger partial charge in [0, 0.05) is 0 Å². The number of rotatable bonds is 1. The van der Waals surface area contributed by atoms with Crippen LogP contribution in [0, 0.1) is 0 Å². The lowest BCUT2D eigenvalue weighted by Crippen LogP contribution is -1.84. The third kappa shape index (κ3) is 2.68. The number of hydrogen-bond donors (Lipinski definition) is 0. The molecule has 0 N–H and O–H groups in total. The van der Waals surface area contributed by atoms with E-state index in [1.807, 2.05) is 0 Å². The van der Waals surface area contributed by atoms with E-state index in [-0.39, 0.29) is 0 Å². The number of alkyl halides is 2. The number of halogens is 4. The largest absolute Gasteiger partial charge is 0.227 e. The molecule has 42 valence electrons. The van der Waals surface area contributed by atoms with Crippen LogP contribution in [0.25, 0.3) is 0 Å². The first kappa shape index (κ1) is 7.01. The molecule has 0 radical (unpaired) electrons. The highest BCUT2D eigenvalue weighted by Gasteiger charge is 2.05. The molecule has 7 heavy (non-hydrogen) atoms. The molecule has 0 aromatic carbocycles. The summed E-state index contributed by atoms with van der Waals surface area (Å²) in [6.07, 6.45) is -0.431. The summed E-state index contributed by atoms with van der Waals surface area (Å²) in [5.74, 6) is -1.44. The number of hydrogen-bond acceptors (Lipinski definition) is 0. The highest BCUT2D eigenvalue weighted by molar-refractivity contribution is 9.09. The molecule has 0 aliphatic carbocycles. The van der Waals surface area contributed by atoms with Gasteiger partial charge in [0.1, 0.15) is 6.33 Å². The van der Waals surface area contributed by atoms with Crippen molar-refractivity contribution >= 4 is 15.9 Å². The fourth-order valence-corrected chi connectivity index (χ4v) is 0.148. The van der Waals surface area contributed by atoms with E-state index in [0.717, 1.165) is 0 Å². The van der Waals surface area contributed by atoms with E-state index in [9.17, 15) is 13.2 Å². The van der Waals surface area contributed by atoms with Crippen LogP contribution in [0.15, 0.2) is 12.2 Å². The maximum Gasteiger partial charge on any atom is 0.208 e. The standard InChI is InChI=1S/C3H2BrF3/c4-3(7)2(6)1-5/h1,3H. The molecular formula is C3H2BrF3. The van der Waals surface area contributed by atoms with Crippen LogP contribution in [0.2, 0.25) is 0 Å². The summed E-state index contributed by atoms with van der Waals surface area (Å²) in [5.41, 5.74) is 0. The SMILES string of the molecule is FC=C(F)C(F)Br. The second-order valence-electron chi connectivity index (χ2n) is 0.795. The Bertz CT molecular complexity index is 78.2. The molecule has 1 atom stereocenters. The molecule has 0 aliphatic heterocycles. The van der Waals surface area contributed by atoms with Crippen LogP contribution < -0.4 is 0 Å². The lowest BCUT2D eigenvalue weighted by atomic mass is 10.7. The second kappa shape index (κ2) is 3.07. The van der Waals surface area contributed by atoms with Crippen LogP contribution in [-0.2, 0) is 0 Å². The van der Waals surface area contributed by atoms with Crippen LogP contribution in [0.5, 0.6) is 0 Å². The lowest BCUT2D eigenvalue weighted by Gasteiger charge is -1.87. The Labute approximate surface area is 47.1 Å². The van der Waals surface area contributed by atoms with Crippen LogP contribution in [0.1, 0.15) is 0 Å². The van der Waals surface area contributed by atoms with E-state index >= 15 is 0 Å². The van der Waals surface area contributed by atoms with Gasteiger partial charge < -0.3 is 0 Å². The molecule has 1 unspecified atom stereocenters. The van der Waals surface area contributed by atoms with Gasteiger partial charge in [-0.3, -0.25) is 0 Å². The smallest absolute Gasteiger partial charge is 0.208 e. The van der Waals surface area contributed by atoms with Crippen LogP contribution in [-0.4, -0.2) is 5.08 Å². The zero-order valence-corrected chi connectivity index (χ0v) is 4.75. The Morgan fingerprint density at radius 2 is 2.14 bits per heavy atom. The third-order valence-electron chi connectivity index (χ3n) is 0.313. The van der Waals surface area contributed by atoms with Crippen molar-refractivity contribution in [2.24, 2.45) is 0 Å². The molecule has 0 aromatic rings. The van der Waals surface area contributed by atoms with Crippen LogP contribution in [0.3, 0.4) is 0 Å². The van der Waals surface area contributed by atoms with Gasteiger partial charge >= 0.3 is 0 Å². The Balaban J connectivity index is 3.56. The summed E-state index contributed by atoms with van der Waals surface area (Å²) in [6, 6.07) is 0. The molecule has 0 amide bonds. The van der Waals surface area contributed by atoms with Crippen molar-refractivity contribution in [2.45, 2.75) is 5.08 Å². The van der Waals surface area contributed by atoms with Gasteiger partial charge in [-0.25, -0.2) is 13.2 Å². The van der Waals surface area contributed by atoms with Gasteiger partial charge in [0.25, 0.3) is 0 Å². The average molecular weight is 175 g/mol. The fourth-order valence-electron chi connectivity index (χ4n) is 0.0476. The summed E-state index contributed by atoms with van der Waals surface area (Å²) in [5, 5.41) is -2.00. The lowest BCUT2D eigenvalue weighted by molar-refractivity contribution is 0.419. The predicted molar refractivity (Wildman–Crippen MR) is 24.1 cm³/mol. The van der Waals surface area contributed by atoms with E-state index in [4.69, 9.17) is 0 Å². The van der Waals surface area contributed by atoms with E-state index in [0.29, 0.717) is 0 Å². The highest BCUT2D eigenvalue weighted by Crippen LogP contribution is 2.13. The van der Waals surface area contributed by atoms with Gasteiger partial charge in [-0.1, -0.05) is 0 Å². The average Bonchev–Trinajstić information content (AvgIpc) is 1.65. The maximum atomic E-state index is 11.3. The summed E-state index contributed by atoms with van der Waals surface area (Å²) >= 11 is 2.15. The Kier molecular flexibility index (Phi) is 3.07. The molecule has 0 rings (SSSR count). The molecule has 0 bridgehead atoms. The Hall–Kier alpha value is 0.01000. The molecule has 0 nitrogen and oxygen atoms in total.